The minimum atomic E-state index is -3.78. The number of pyridine rings is 1. The molecule has 0 radical (unpaired) electrons. The van der Waals surface area contributed by atoms with E-state index >= 15 is 0 Å². The molecule has 3 aromatic rings. The molecule has 0 aliphatic rings. The number of fused-ring (bicyclic) bond motifs is 1. The van der Waals surface area contributed by atoms with Crippen molar-refractivity contribution in [1.82, 2.24) is 14.6 Å². The maximum atomic E-state index is 12.8. The SMILES string of the molecule is CNC(=O)CN(C)S(=O)(=O)c1cccc(-c2c(C)ccc3ncccc23)c1. The number of hydrogen-bond acceptors (Lipinski definition) is 4. The molecule has 0 saturated carbocycles. The van der Waals surface area contributed by atoms with Gasteiger partial charge in [-0.05, 0) is 47.9 Å². The third-order valence-corrected chi connectivity index (χ3v) is 6.27. The second kappa shape index (κ2) is 7.46. The number of likely N-dealkylation sites (N-methyl/N-ethyl adjacent to an activating group) is 2. The number of sulfonamides is 1. The van der Waals surface area contributed by atoms with Crippen molar-refractivity contribution in [2.24, 2.45) is 0 Å². The van der Waals surface area contributed by atoms with Gasteiger partial charge in [0.25, 0.3) is 0 Å². The Morgan fingerprint density at radius 1 is 1.15 bits per heavy atom. The molecular formula is C20H21N3O3S. The summed E-state index contributed by atoms with van der Waals surface area (Å²) >= 11 is 0. The molecule has 1 aromatic heterocycles. The number of carbonyl (C=O) groups excluding carboxylic acids is 1. The van der Waals surface area contributed by atoms with Crippen molar-refractivity contribution in [3.63, 3.8) is 0 Å². The van der Waals surface area contributed by atoms with Gasteiger partial charge in [0.15, 0.2) is 0 Å². The van der Waals surface area contributed by atoms with Crippen molar-refractivity contribution < 1.29 is 13.2 Å². The van der Waals surface area contributed by atoms with Crippen LogP contribution in [0.15, 0.2) is 59.6 Å². The van der Waals surface area contributed by atoms with E-state index in [2.05, 4.69) is 10.3 Å². The van der Waals surface area contributed by atoms with E-state index in [0.29, 0.717) is 0 Å². The minimum Gasteiger partial charge on any atom is -0.358 e. The maximum Gasteiger partial charge on any atom is 0.243 e. The van der Waals surface area contributed by atoms with Gasteiger partial charge in [0, 0.05) is 25.7 Å². The predicted molar refractivity (Wildman–Crippen MR) is 106 cm³/mol. The number of rotatable bonds is 5. The lowest BCUT2D eigenvalue weighted by Crippen LogP contribution is -2.36. The smallest absolute Gasteiger partial charge is 0.243 e. The normalized spacial score (nSPS) is 11.7. The summed E-state index contributed by atoms with van der Waals surface area (Å²) in [5.41, 5.74) is 3.62. The van der Waals surface area contributed by atoms with Crippen LogP contribution in [0.5, 0.6) is 0 Å². The summed E-state index contributed by atoms with van der Waals surface area (Å²) in [6.45, 7) is 1.75. The van der Waals surface area contributed by atoms with E-state index in [1.165, 1.54) is 20.2 Å². The van der Waals surface area contributed by atoms with Crippen LogP contribution >= 0.6 is 0 Å². The molecule has 0 saturated heterocycles. The molecule has 1 N–H and O–H groups in total. The van der Waals surface area contributed by atoms with Crippen LogP contribution in [-0.2, 0) is 14.8 Å². The molecule has 0 aliphatic carbocycles. The number of aryl methyl sites for hydroxylation is 1. The molecule has 6 nitrogen and oxygen atoms in total. The molecule has 0 spiro atoms. The van der Waals surface area contributed by atoms with Gasteiger partial charge in [-0.25, -0.2) is 8.42 Å². The van der Waals surface area contributed by atoms with Crippen LogP contribution in [0.3, 0.4) is 0 Å². The Morgan fingerprint density at radius 3 is 2.67 bits per heavy atom. The van der Waals surface area contributed by atoms with Gasteiger partial charge in [-0.15, -0.1) is 0 Å². The summed E-state index contributed by atoms with van der Waals surface area (Å²) in [4.78, 5) is 16.1. The molecule has 0 bridgehead atoms. The first-order valence-electron chi connectivity index (χ1n) is 8.46. The lowest BCUT2D eigenvalue weighted by molar-refractivity contribution is -0.120. The third-order valence-electron chi connectivity index (χ3n) is 4.47. The van der Waals surface area contributed by atoms with Gasteiger partial charge in [0.1, 0.15) is 0 Å². The zero-order chi connectivity index (χ0) is 19.6. The highest BCUT2D eigenvalue weighted by Crippen LogP contribution is 2.32. The Bertz CT molecular complexity index is 1110. The Labute approximate surface area is 158 Å². The van der Waals surface area contributed by atoms with Crippen LogP contribution < -0.4 is 5.32 Å². The number of nitrogens with zero attached hydrogens (tertiary/aromatic N) is 2. The van der Waals surface area contributed by atoms with E-state index < -0.39 is 10.0 Å². The van der Waals surface area contributed by atoms with Gasteiger partial charge in [-0.3, -0.25) is 9.78 Å². The van der Waals surface area contributed by atoms with Crippen molar-refractivity contribution in [1.29, 1.82) is 0 Å². The Balaban J connectivity index is 2.10. The molecule has 0 fully saturated rings. The molecule has 1 heterocycles. The summed E-state index contributed by atoms with van der Waals surface area (Å²) in [6, 6.07) is 14.5. The Kier molecular flexibility index (Phi) is 5.25. The van der Waals surface area contributed by atoms with Crippen LogP contribution in [-0.4, -0.2) is 44.3 Å². The summed E-state index contributed by atoms with van der Waals surface area (Å²) in [7, 11) is -0.918. The Morgan fingerprint density at radius 2 is 1.93 bits per heavy atom. The standard InChI is InChI=1S/C20H21N3O3S/c1-14-9-10-18-17(8-5-11-22-18)20(14)15-6-4-7-16(12-15)27(25,26)23(3)13-19(24)21-2/h4-12H,13H2,1-3H3,(H,21,24). The van der Waals surface area contributed by atoms with Crippen molar-refractivity contribution >= 4 is 26.8 Å². The van der Waals surface area contributed by atoms with Gasteiger partial charge in [0.2, 0.25) is 15.9 Å². The summed E-state index contributed by atoms with van der Waals surface area (Å²) in [6.07, 6.45) is 1.73. The molecule has 2 aromatic carbocycles. The monoisotopic (exact) mass is 383 g/mol. The number of nitrogens with one attached hydrogen (secondary N) is 1. The molecule has 0 atom stereocenters. The predicted octanol–water partition coefficient (Wildman–Crippen LogP) is 2.58. The van der Waals surface area contributed by atoms with Crippen molar-refractivity contribution in [3.8, 4) is 11.1 Å². The lowest BCUT2D eigenvalue weighted by atomic mass is 9.96. The second-order valence-corrected chi connectivity index (χ2v) is 8.33. The number of amides is 1. The van der Waals surface area contributed by atoms with Gasteiger partial charge >= 0.3 is 0 Å². The van der Waals surface area contributed by atoms with Crippen LogP contribution in [0, 0.1) is 6.92 Å². The molecule has 0 aliphatic heterocycles. The molecule has 27 heavy (non-hydrogen) atoms. The van der Waals surface area contributed by atoms with Crippen molar-refractivity contribution in [3.05, 3.63) is 60.3 Å². The first kappa shape index (κ1) is 19.0. The topological polar surface area (TPSA) is 79.4 Å². The van der Waals surface area contributed by atoms with E-state index in [-0.39, 0.29) is 17.3 Å². The zero-order valence-electron chi connectivity index (χ0n) is 15.4. The van der Waals surface area contributed by atoms with E-state index in [1.54, 1.807) is 18.3 Å². The van der Waals surface area contributed by atoms with Gasteiger partial charge in [-0.1, -0.05) is 24.3 Å². The molecular weight excluding hydrogens is 362 g/mol. The minimum absolute atomic E-state index is 0.145. The molecule has 140 valence electrons. The van der Waals surface area contributed by atoms with E-state index in [9.17, 15) is 13.2 Å². The van der Waals surface area contributed by atoms with E-state index in [4.69, 9.17) is 0 Å². The van der Waals surface area contributed by atoms with Crippen LogP contribution in [0.2, 0.25) is 0 Å². The molecule has 3 rings (SSSR count). The molecule has 1 amide bonds. The Hall–Kier alpha value is -2.77. The fourth-order valence-electron chi connectivity index (χ4n) is 3.00. The van der Waals surface area contributed by atoms with Gasteiger partial charge in [-0.2, -0.15) is 4.31 Å². The van der Waals surface area contributed by atoms with Crippen molar-refractivity contribution in [2.45, 2.75) is 11.8 Å². The highest BCUT2D eigenvalue weighted by atomic mass is 32.2. The van der Waals surface area contributed by atoms with Crippen LogP contribution in [0.4, 0.5) is 0 Å². The van der Waals surface area contributed by atoms with Crippen LogP contribution in [0.1, 0.15) is 5.56 Å². The van der Waals surface area contributed by atoms with E-state index in [0.717, 1.165) is 31.9 Å². The summed E-state index contributed by atoms with van der Waals surface area (Å²) < 4.78 is 26.7. The molecule has 0 unspecified atom stereocenters. The second-order valence-electron chi connectivity index (χ2n) is 6.29. The first-order valence-corrected chi connectivity index (χ1v) is 9.90. The van der Waals surface area contributed by atoms with Crippen molar-refractivity contribution in [2.75, 3.05) is 20.6 Å². The maximum absolute atomic E-state index is 12.8. The van der Waals surface area contributed by atoms with Gasteiger partial charge in [0.05, 0.1) is 17.0 Å². The fraction of sp³-hybridized carbons (Fsp3) is 0.200. The summed E-state index contributed by atoms with van der Waals surface area (Å²) in [5.74, 6) is -0.367. The largest absolute Gasteiger partial charge is 0.358 e. The first-order chi connectivity index (χ1) is 12.8. The molecule has 7 heteroatoms. The van der Waals surface area contributed by atoms with E-state index in [1.807, 2.05) is 37.3 Å². The lowest BCUT2D eigenvalue weighted by Gasteiger charge is -2.17. The third kappa shape index (κ3) is 3.70. The average molecular weight is 383 g/mol. The van der Waals surface area contributed by atoms with Crippen LogP contribution in [0.25, 0.3) is 22.0 Å². The zero-order valence-corrected chi connectivity index (χ0v) is 16.2. The quantitative estimate of drug-likeness (QED) is 0.734. The van der Waals surface area contributed by atoms with Gasteiger partial charge < -0.3 is 5.32 Å². The fourth-order valence-corrected chi connectivity index (χ4v) is 4.18. The number of carbonyl (C=O) groups is 1. The number of benzene rings is 2. The average Bonchev–Trinajstić information content (AvgIpc) is 2.67. The number of aromatic nitrogens is 1. The highest BCUT2D eigenvalue weighted by molar-refractivity contribution is 7.89. The number of hydrogen-bond donors (Lipinski definition) is 1. The summed E-state index contributed by atoms with van der Waals surface area (Å²) in [5, 5.41) is 3.40. The highest BCUT2D eigenvalue weighted by Gasteiger charge is 2.23.